The van der Waals surface area contributed by atoms with E-state index in [1.54, 1.807) is 28.1 Å². The maximum absolute atomic E-state index is 13.7. The summed E-state index contributed by atoms with van der Waals surface area (Å²) in [7, 11) is 4.70. The molecular formula is C42H62O16. The molecule has 16 heteroatoms. The molecule has 0 aromatic carbocycles. The van der Waals surface area contributed by atoms with Crippen LogP contribution in [0.1, 0.15) is 79.6 Å². The number of carbonyl (C=O) groups is 2. The Balaban J connectivity index is 0.889. The number of hydrogen-bond acceptors (Lipinski definition) is 16. The van der Waals surface area contributed by atoms with E-state index in [0.29, 0.717) is 44.1 Å². The average Bonchev–Trinajstić information content (AvgIpc) is 3.65. The largest absolute Gasteiger partial charge is 0.459 e. The fraction of sp³-hybridized carbons (Fsp3) is 0.857. The second-order valence-electron chi connectivity index (χ2n) is 17.8. The normalized spacial score (nSPS) is 50.5. The number of hydrogen-bond donors (Lipinski definition) is 2. The van der Waals surface area contributed by atoms with Crippen molar-refractivity contribution in [3.63, 3.8) is 0 Å². The zero-order valence-corrected chi connectivity index (χ0v) is 34.8. The van der Waals surface area contributed by atoms with E-state index in [4.69, 9.17) is 56.8 Å². The van der Waals surface area contributed by atoms with Crippen LogP contribution in [-0.2, 0) is 66.4 Å². The Hall–Kier alpha value is -2.06. The molecule has 5 saturated heterocycles. The molecule has 6 heterocycles. The average molecular weight is 823 g/mol. The van der Waals surface area contributed by atoms with Crippen LogP contribution in [0.2, 0.25) is 0 Å². The number of ether oxygens (including phenoxy) is 12. The van der Waals surface area contributed by atoms with Crippen LogP contribution in [0.3, 0.4) is 0 Å². The molecule has 16 nitrogen and oxygen atoms in total. The van der Waals surface area contributed by atoms with Gasteiger partial charge in [0.25, 0.3) is 0 Å². The second-order valence-corrected chi connectivity index (χ2v) is 17.8. The van der Waals surface area contributed by atoms with Crippen molar-refractivity contribution in [3.8, 4) is 0 Å². The van der Waals surface area contributed by atoms with Crippen LogP contribution < -0.4 is 0 Å². The molecule has 6 aliphatic heterocycles. The van der Waals surface area contributed by atoms with Crippen LogP contribution in [0.25, 0.3) is 0 Å². The van der Waals surface area contributed by atoms with Gasteiger partial charge in [0.1, 0.15) is 36.6 Å². The second kappa shape index (κ2) is 16.7. The highest BCUT2D eigenvalue weighted by molar-refractivity contribution is 5.92. The van der Waals surface area contributed by atoms with Crippen LogP contribution in [0.5, 0.6) is 0 Å². The number of esters is 2. The highest BCUT2D eigenvalue weighted by Crippen LogP contribution is 2.56. The minimum Gasteiger partial charge on any atom is -0.459 e. The highest BCUT2D eigenvalue weighted by atomic mass is 16.8. The van der Waals surface area contributed by atoms with Crippen molar-refractivity contribution in [3.05, 3.63) is 23.3 Å². The minimum atomic E-state index is -1.16. The van der Waals surface area contributed by atoms with Gasteiger partial charge >= 0.3 is 11.9 Å². The van der Waals surface area contributed by atoms with Crippen LogP contribution >= 0.6 is 0 Å². The Morgan fingerprint density at radius 1 is 0.776 bits per heavy atom. The molecule has 6 fully saturated rings. The Labute approximate surface area is 340 Å². The van der Waals surface area contributed by atoms with Gasteiger partial charge in [-0.3, -0.25) is 4.79 Å². The van der Waals surface area contributed by atoms with E-state index in [-0.39, 0.29) is 35.9 Å². The first kappa shape index (κ1) is 42.6. The number of methoxy groups -OCH3 is 3. The number of aliphatic hydroxyl groups excluding tert-OH is 2. The van der Waals surface area contributed by atoms with Crippen molar-refractivity contribution in [1.29, 1.82) is 0 Å². The van der Waals surface area contributed by atoms with Crippen molar-refractivity contribution >= 4 is 11.9 Å². The summed E-state index contributed by atoms with van der Waals surface area (Å²) in [5.74, 6) is -2.67. The van der Waals surface area contributed by atoms with Gasteiger partial charge in [-0.25, -0.2) is 4.79 Å². The van der Waals surface area contributed by atoms with Gasteiger partial charge in [0.05, 0.1) is 55.1 Å². The van der Waals surface area contributed by atoms with Gasteiger partial charge in [-0.1, -0.05) is 24.6 Å². The Morgan fingerprint density at radius 3 is 2.19 bits per heavy atom. The predicted octanol–water partition coefficient (Wildman–Crippen LogP) is 2.84. The lowest BCUT2D eigenvalue weighted by atomic mass is 9.55. The summed E-state index contributed by atoms with van der Waals surface area (Å²) in [6.07, 6.45) is -1.34. The third-order valence-corrected chi connectivity index (χ3v) is 14.4. The maximum atomic E-state index is 13.7. The van der Waals surface area contributed by atoms with E-state index >= 15 is 0 Å². The van der Waals surface area contributed by atoms with Crippen LogP contribution in [-0.4, -0.2) is 148 Å². The van der Waals surface area contributed by atoms with Gasteiger partial charge in [0, 0.05) is 46.7 Å². The Bertz CT molecular complexity index is 1590. The number of fused-ring (bicyclic) bond motifs is 3. The van der Waals surface area contributed by atoms with Crippen LogP contribution in [0.15, 0.2) is 23.3 Å². The topological polar surface area (TPSA) is 185 Å². The first-order valence-electron chi connectivity index (χ1n) is 21.0. The van der Waals surface area contributed by atoms with E-state index in [1.807, 2.05) is 19.9 Å². The van der Waals surface area contributed by atoms with Crippen molar-refractivity contribution < 1.29 is 76.6 Å². The minimum absolute atomic E-state index is 0.0780. The molecule has 0 radical (unpaired) electrons. The first-order valence-corrected chi connectivity index (χ1v) is 21.0. The number of carbonyl (C=O) groups excluding carboxylic acids is 2. The molecule has 2 aliphatic carbocycles. The molecular weight excluding hydrogens is 760 g/mol. The summed E-state index contributed by atoms with van der Waals surface area (Å²) in [6, 6.07) is 0. The lowest BCUT2D eigenvalue weighted by molar-refractivity contribution is -0.353. The van der Waals surface area contributed by atoms with E-state index < -0.39 is 104 Å². The molecule has 58 heavy (non-hydrogen) atoms. The Morgan fingerprint density at radius 2 is 1.47 bits per heavy atom. The smallest absolute Gasteiger partial charge is 0.336 e. The number of rotatable bonds is 9. The third-order valence-electron chi connectivity index (χ3n) is 14.4. The highest BCUT2D eigenvalue weighted by Gasteiger charge is 2.61. The summed E-state index contributed by atoms with van der Waals surface area (Å²) in [6.45, 7) is 9.66. The molecule has 2 N–H and O–H groups in total. The maximum Gasteiger partial charge on any atom is 0.336 e. The summed E-state index contributed by atoms with van der Waals surface area (Å²) >= 11 is 0. The van der Waals surface area contributed by atoms with Gasteiger partial charge in [-0.2, -0.15) is 0 Å². The van der Waals surface area contributed by atoms with Crippen LogP contribution in [0, 0.1) is 23.2 Å². The SMILES string of the molecule is CO[C@@H]1[C@@H](O)[C@H](O[C@H]2CC[C@@]3(C)C(=CC[C@@H]4C(=O)O[C@@H]5CO[C@]6(C)OC(=O)C(=CC[C@@H]43)[C@H]56)C2)O[C@H](C)[C@H]1O[C@H]1C[C@H](OC)[C@@H](O[C@H]2C[C@H](OC)[C@H](O)[C@@H](C)O2)[C@H](C)O1. The monoisotopic (exact) mass is 822 g/mol. The van der Waals surface area contributed by atoms with Crippen LogP contribution in [0.4, 0.5) is 0 Å². The zero-order valence-electron chi connectivity index (χ0n) is 34.8. The van der Waals surface area contributed by atoms with Gasteiger partial charge in [0.15, 0.2) is 18.9 Å². The van der Waals surface area contributed by atoms with E-state index in [2.05, 4.69) is 13.0 Å². The van der Waals surface area contributed by atoms with E-state index in [9.17, 15) is 19.8 Å². The third kappa shape index (κ3) is 7.61. The summed E-state index contributed by atoms with van der Waals surface area (Å²) in [5.41, 5.74) is 1.40. The molecule has 0 unspecified atom stereocenters. The van der Waals surface area contributed by atoms with Crippen molar-refractivity contribution in [2.24, 2.45) is 23.2 Å². The molecule has 0 aromatic heterocycles. The summed E-state index contributed by atoms with van der Waals surface area (Å²) < 4.78 is 72.7. The quantitative estimate of drug-likeness (QED) is 0.255. The molecule has 20 atom stereocenters. The van der Waals surface area contributed by atoms with Gasteiger partial charge in [-0.05, 0) is 64.2 Å². The van der Waals surface area contributed by atoms with E-state index in [1.165, 1.54) is 12.7 Å². The first-order chi connectivity index (χ1) is 27.7. The lowest BCUT2D eigenvalue weighted by Gasteiger charge is -2.51. The van der Waals surface area contributed by atoms with Gasteiger partial charge in [-0.15, -0.1) is 0 Å². The van der Waals surface area contributed by atoms with Gasteiger partial charge in [0.2, 0.25) is 5.79 Å². The lowest BCUT2D eigenvalue weighted by Crippen LogP contribution is -2.61. The zero-order chi connectivity index (χ0) is 41.3. The molecule has 8 aliphatic rings. The molecule has 0 spiro atoms. The molecule has 1 saturated carbocycles. The molecule has 0 aromatic rings. The van der Waals surface area contributed by atoms with E-state index in [0.717, 1.165) is 6.42 Å². The van der Waals surface area contributed by atoms with Crippen molar-refractivity contribution in [1.82, 2.24) is 0 Å². The molecule has 0 bridgehead atoms. The fourth-order valence-corrected chi connectivity index (χ4v) is 11.1. The number of allylic oxidation sites excluding steroid dienone is 2. The number of aliphatic hydroxyl groups is 2. The molecule has 8 rings (SSSR count). The summed E-state index contributed by atoms with van der Waals surface area (Å²) in [4.78, 5) is 26.7. The fourth-order valence-electron chi connectivity index (χ4n) is 11.1. The van der Waals surface area contributed by atoms with Crippen molar-refractivity contribution in [2.75, 3.05) is 27.9 Å². The standard InChI is InChI=1S/C42H62O16/c1-19-33(43)27(47-6)16-30(51-19)56-35-20(2)52-31(17-28(35)48-7)57-36-21(3)53-40(34(44)37(36)49-8)54-23-13-14-41(4)22(15-23)9-10-24-26(41)12-11-25-32-29(55-38(24)45)18-50-42(32,5)58-39(25)46/h9,11,19-21,23-24,26-37,40,43-44H,10,12-18H2,1-8H3/t19-,20+,21-,23+,24+,26+,27+,28+,29-,30+,31+,32-,33-,34-,35+,36-,37-,40+,41+,42-/m1/s1. The molecule has 326 valence electrons. The molecule has 0 amide bonds. The summed E-state index contributed by atoms with van der Waals surface area (Å²) in [5, 5.41) is 22.0. The predicted molar refractivity (Wildman–Crippen MR) is 199 cm³/mol. The van der Waals surface area contributed by atoms with Gasteiger partial charge < -0.3 is 67.1 Å². The Kier molecular flexibility index (Phi) is 12.2. The van der Waals surface area contributed by atoms with Crippen molar-refractivity contribution in [2.45, 2.75) is 177 Å².